The molecule has 16 heavy (non-hydrogen) atoms. The van der Waals surface area contributed by atoms with Crippen LogP contribution in [0.1, 0.15) is 16.8 Å². The molecule has 0 saturated carbocycles. The Kier molecular flexibility index (Phi) is 2.95. The van der Waals surface area contributed by atoms with Crippen LogP contribution in [0.5, 0.6) is 0 Å². The first-order chi connectivity index (χ1) is 7.66. The molecule has 0 fully saturated rings. The Morgan fingerprint density at radius 1 is 1.31 bits per heavy atom. The maximum atomic E-state index is 4.10. The Bertz CT molecular complexity index is 486. The van der Waals surface area contributed by atoms with Crippen molar-refractivity contribution in [2.45, 2.75) is 20.4 Å². The van der Waals surface area contributed by atoms with E-state index in [-0.39, 0.29) is 0 Å². The molecule has 1 N–H and O–H groups in total. The lowest BCUT2D eigenvalue weighted by atomic mass is 10.1. The molecule has 0 aliphatic rings. The number of hydrogen-bond donors (Lipinski definition) is 1. The normalized spacial score (nSPS) is 10.4. The maximum absolute atomic E-state index is 4.10. The highest BCUT2D eigenvalue weighted by Gasteiger charge is 2.00. The summed E-state index contributed by atoms with van der Waals surface area (Å²) in [7, 11) is 2.01. The van der Waals surface area contributed by atoms with Gasteiger partial charge < -0.3 is 9.88 Å². The molecule has 1 aromatic heterocycles. The summed E-state index contributed by atoms with van der Waals surface area (Å²) in [5, 5.41) is 3.44. The molecule has 0 unspecified atom stereocenters. The summed E-state index contributed by atoms with van der Waals surface area (Å²) in [5.74, 6) is 0. The molecule has 0 amide bonds. The van der Waals surface area contributed by atoms with Crippen molar-refractivity contribution in [1.29, 1.82) is 0 Å². The van der Waals surface area contributed by atoms with Gasteiger partial charge in [-0.05, 0) is 31.0 Å². The van der Waals surface area contributed by atoms with E-state index in [2.05, 4.69) is 42.3 Å². The Morgan fingerprint density at radius 3 is 2.81 bits per heavy atom. The summed E-state index contributed by atoms with van der Waals surface area (Å²) in [4.78, 5) is 4.10. The van der Waals surface area contributed by atoms with Crippen LogP contribution < -0.4 is 5.32 Å². The first-order valence-corrected chi connectivity index (χ1v) is 5.43. The van der Waals surface area contributed by atoms with Gasteiger partial charge in [-0.3, -0.25) is 0 Å². The highest BCUT2D eigenvalue weighted by Crippen LogP contribution is 2.17. The number of aryl methyl sites for hydroxylation is 3. The quantitative estimate of drug-likeness (QED) is 0.853. The molecule has 0 aliphatic carbocycles. The summed E-state index contributed by atoms with van der Waals surface area (Å²) >= 11 is 0. The number of nitrogens with one attached hydrogen (secondary N) is 1. The average Bonchev–Trinajstić information content (AvgIpc) is 2.66. The van der Waals surface area contributed by atoms with Gasteiger partial charge in [-0.1, -0.05) is 12.1 Å². The molecule has 2 rings (SSSR count). The number of imidazole rings is 1. The predicted molar refractivity (Wildman–Crippen MR) is 66.5 cm³/mol. The second-order valence-corrected chi connectivity index (χ2v) is 4.17. The van der Waals surface area contributed by atoms with Gasteiger partial charge in [-0.25, -0.2) is 4.98 Å². The van der Waals surface area contributed by atoms with E-state index in [1.165, 1.54) is 22.5 Å². The minimum absolute atomic E-state index is 0.806. The van der Waals surface area contributed by atoms with Crippen molar-refractivity contribution in [3.05, 3.63) is 47.5 Å². The number of rotatable bonds is 3. The number of aromatic nitrogens is 2. The molecule has 2 aromatic rings. The van der Waals surface area contributed by atoms with Crippen LogP contribution in [0, 0.1) is 13.8 Å². The molecule has 1 heterocycles. The van der Waals surface area contributed by atoms with Crippen LogP contribution in [0.15, 0.2) is 30.7 Å². The molecule has 1 aromatic carbocycles. The minimum Gasteiger partial charge on any atom is -0.379 e. The van der Waals surface area contributed by atoms with Crippen molar-refractivity contribution in [3.63, 3.8) is 0 Å². The SMILES string of the molecule is Cc1ccc(C)c(NCc2cncn2C)c1. The van der Waals surface area contributed by atoms with Crippen LogP contribution in [0.25, 0.3) is 0 Å². The largest absolute Gasteiger partial charge is 0.379 e. The third-order valence-electron chi connectivity index (χ3n) is 2.77. The standard InChI is InChI=1S/C13H17N3/c1-10-4-5-11(2)13(6-10)15-8-12-7-14-9-16(12)3/h4-7,9,15H,8H2,1-3H3. The molecular formula is C13H17N3. The molecule has 0 bridgehead atoms. The first kappa shape index (κ1) is 10.7. The predicted octanol–water partition coefficient (Wildman–Crippen LogP) is 2.65. The van der Waals surface area contributed by atoms with Crippen molar-refractivity contribution in [1.82, 2.24) is 9.55 Å². The van der Waals surface area contributed by atoms with E-state index in [0.29, 0.717) is 0 Å². The van der Waals surface area contributed by atoms with Crippen molar-refractivity contribution in [2.75, 3.05) is 5.32 Å². The van der Waals surface area contributed by atoms with Crippen molar-refractivity contribution < 1.29 is 0 Å². The van der Waals surface area contributed by atoms with Crippen LogP contribution in [-0.2, 0) is 13.6 Å². The second kappa shape index (κ2) is 4.39. The van der Waals surface area contributed by atoms with Crippen molar-refractivity contribution >= 4 is 5.69 Å². The average molecular weight is 215 g/mol. The highest BCUT2D eigenvalue weighted by molar-refractivity contribution is 5.52. The lowest BCUT2D eigenvalue weighted by Gasteiger charge is -2.10. The molecule has 3 nitrogen and oxygen atoms in total. The summed E-state index contributed by atoms with van der Waals surface area (Å²) in [6, 6.07) is 6.44. The molecular weight excluding hydrogens is 198 g/mol. The van der Waals surface area contributed by atoms with Gasteiger partial charge in [0.05, 0.1) is 18.6 Å². The van der Waals surface area contributed by atoms with Gasteiger partial charge in [-0.2, -0.15) is 0 Å². The summed E-state index contributed by atoms with van der Waals surface area (Å²) < 4.78 is 2.03. The summed E-state index contributed by atoms with van der Waals surface area (Å²) in [5.41, 5.74) is 4.92. The number of hydrogen-bond acceptors (Lipinski definition) is 2. The fourth-order valence-corrected chi connectivity index (χ4v) is 1.67. The Hall–Kier alpha value is -1.77. The zero-order valence-electron chi connectivity index (χ0n) is 9.99. The van der Waals surface area contributed by atoms with Crippen LogP contribution in [0.4, 0.5) is 5.69 Å². The number of benzene rings is 1. The number of anilines is 1. The topological polar surface area (TPSA) is 29.9 Å². The van der Waals surface area contributed by atoms with E-state index in [9.17, 15) is 0 Å². The van der Waals surface area contributed by atoms with Gasteiger partial charge >= 0.3 is 0 Å². The Balaban J connectivity index is 2.10. The second-order valence-electron chi connectivity index (χ2n) is 4.17. The molecule has 0 spiro atoms. The van der Waals surface area contributed by atoms with E-state index in [0.717, 1.165) is 6.54 Å². The lowest BCUT2D eigenvalue weighted by Crippen LogP contribution is -2.05. The van der Waals surface area contributed by atoms with Gasteiger partial charge in [0.1, 0.15) is 0 Å². The third-order valence-corrected chi connectivity index (χ3v) is 2.77. The Morgan fingerprint density at radius 2 is 2.12 bits per heavy atom. The fraction of sp³-hybridized carbons (Fsp3) is 0.308. The van der Waals surface area contributed by atoms with Crippen molar-refractivity contribution in [3.8, 4) is 0 Å². The molecule has 84 valence electrons. The zero-order valence-corrected chi connectivity index (χ0v) is 9.99. The van der Waals surface area contributed by atoms with E-state index in [1.54, 1.807) is 0 Å². The van der Waals surface area contributed by atoms with E-state index in [1.807, 2.05) is 24.1 Å². The number of nitrogens with zero attached hydrogens (tertiary/aromatic N) is 2. The molecule has 0 saturated heterocycles. The summed E-state index contributed by atoms with van der Waals surface area (Å²) in [6.45, 7) is 5.03. The first-order valence-electron chi connectivity index (χ1n) is 5.43. The fourth-order valence-electron chi connectivity index (χ4n) is 1.67. The van der Waals surface area contributed by atoms with Crippen molar-refractivity contribution in [2.24, 2.45) is 7.05 Å². The Labute approximate surface area is 96.1 Å². The van der Waals surface area contributed by atoms with Gasteiger partial charge in [0.2, 0.25) is 0 Å². The smallest absolute Gasteiger partial charge is 0.0946 e. The molecule has 3 heteroatoms. The van der Waals surface area contributed by atoms with Gasteiger partial charge in [0.25, 0.3) is 0 Å². The summed E-state index contributed by atoms with van der Waals surface area (Å²) in [6.07, 6.45) is 3.71. The molecule has 0 aliphatic heterocycles. The minimum atomic E-state index is 0.806. The maximum Gasteiger partial charge on any atom is 0.0946 e. The third kappa shape index (κ3) is 2.24. The van der Waals surface area contributed by atoms with E-state index < -0.39 is 0 Å². The van der Waals surface area contributed by atoms with Gasteiger partial charge in [0.15, 0.2) is 0 Å². The highest BCUT2D eigenvalue weighted by atomic mass is 15.0. The van der Waals surface area contributed by atoms with Crippen LogP contribution >= 0.6 is 0 Å². The van der Waals surface area contributed by atoms with E-state index >= 15 is 0 Å². The van der Waals surface area contributed by atoms with Gasteiger partial charge in [-0.15, -0.1) is 0 Å². The monoisotopic (exact) mass is 215 g/mol. The lowest BCUT2D eigenvalue weighted by molar-refractivity contribution is 0.837. The molecule has 0 radical (unpaired) electrons. The van der Waals surface area contributed by atoms with Gasteiger partial charge in [0, 0.05) is 18.9 Å². The van der Waals surface area contributed by atoms with E-state index in [4.69, 9.17) is 0 Å². The van der Waals surface area contributed by atoms with Crippen LogP contribution in [-0.4, -0.2) is 9.55 Å². The molecule has 0 atom stereocenters. The van der Waals surface area contributed by atoms with Crippen LogP contribution in [0.2, 0.25) is 0 Å². The zero-order chi connectivity index (χ0) is 11.5. The van der Waals surface area contributed by atoms with Crippen LogP contribution in [0.3, 0.4) is 0 Å².